The van der Waals surface area contributed by atoms with Crippen LogP contribution < -0.4 is 4.74 Å². The summed E-state index contributed by atoms with van der Waals surface area (Å²) >= 11 is 6.98. The summed E-state index contributed by atoms with van der Waals surface area (Å²) < 4.78 is 5.87. The van der Waals surface area contributed by atoms with Crippen LogP contribution in [0.25, 0.3) is 0 Å². The molecule has 9 heteroatoms. The molecular weight excluding hydrogens is 464 g/mol. The number of rotatable bonds is 10. The average Bonchev–Trinajstić information content (AvgIpc) is 3.15. The predicted molar refractivity (Wildman–Crippen MR) is 121 cm³/mol. The van der Waals surface area contributed by atoms with Gasteiger partial charge < -0.3 is 9.64 Å². The van der Waals surface area contributed by atoms with Crippen LogP contribution >= 0.6 is 39.5 Å². The van der Waals surface area contributed by atoms with Crippen LogP contribution in [0.2, 0.25) is 0 Å². The molecule has 1 fully saturated rings. The molecule has 6 nitrogen and oxygen atoms in total. The highest BCUT2D eigenvalue weighted by Gasteiger charge is 2.37. The van der Waals surface area contributed by atoms with Gasteiger partial charge in [0, 0.05) is 11.9 Å². The fraction of sp³-hybridized carbons (Fsp3) is 0.632. The number of nitro groups is 1. The van der Waals surface area contributed by atoms with Crippen molar-refractivity contribution in [2.24, 2.45) is 0 Å². The highest BCUT2D eigenvalue weighted by atomic mass is 79.9. The van der Waals surface area contributed by atoms with E-state index in [2.05, 4.69) is 29.8 Å². The first-order valence-corrected chi connectivity index (χ1v) is 12.7. The fourth-order valence-electron chi connectivity index (χ4n) is 3.38. The Balaban J connectivity index is 2.35. The first-order chi connectivity index (χ1) is 13.4. The van der Waals surface area contributed by atoms with Crippen molar-refractivity contribution >= 4 is 51.0 Å². The molecule has 0 saturated carbocycles. The Hall–Kier alpha value is -0.930. The standard InChI is InChI=1S/C19H27BrN2O4S2/c1-4-27-19(28-5-2)15-7-6-9-21(15)18(23)14-11-13(3)17(26-10-8-20)12-16(14)22(24)25/h11-12,15,19H,4-10H2,1-3H3/t15-/m0/s1. The topological polar surface area (TPSA) is 72.7 Å². The summed E-state index contributed by atoms with van der Waals surface area (Å²) in [5, 5.41) is 12.3. The summed E-state index contributed by atoms with van der Waals surface area (Å²) in [7, 11) is 0. The van der Waals surface area contributed by atoms with E-state index in [1.807, 2.05) is 35.3 Å². The second-order valence-corrected chi connectivity index (χ2v) is 10.3. The summed E-state index contributed by atoms with van der Waals surface area (Å²) in [6.07, 6.45) is 1.87. The van der Waals surface area contributed by atoms with Crippen molar-refractivity contribution in [3.63, 3.8) is 0 Å². The van der Waals surface area contributed by atoms with E-state index < -0.39 is 4.92 Å². The van der Waals surface area contributed by atoms with Crippen molar-refractivity contribution < 1.29 is 14.5 Å². The molecule has 1 aromatic rings. The average molecular weight is 491 g/mol. The number of hydrogen-bond acceptors (Lipinski definition) is 6. The summed E-state index contributed by atoms with van der Waals surface area (Å²) in [5.41, 5.74) is 0.698. The number of thioether (sulfide) groups is 2. The lowest BCUT2D eigenvalue weighted by molar-refractivity contribution is -0.385. The molecule has 1 heterocycles. The number of hydrogen-bond donors (Lipinski definition) is 0. The third kappa shape index (κ3) is 5.57. The SMILES string of the molecule is CCSC(SCC)[C@@H]1CCCN1C(=O)c1cc(C)c(OCCBr)cc1[N+](=O)[O-]. The molecule has 1 aromatic carbocycles. The highest BCUT2D eigenvalue weighted by Crippen LogP contribution is 2.37. The third-order valence-electron chi connectivity index (χ3n) is 4.59. The van der Waals surface area contributed by atoms with Crippen LogP contribution in [0.3, 0.4) is 0 Å². The van der Waals surface area contributed by atoms with E-state index >= 15 is 0 Å². The van der Waals surface area contributed by atoms with Crippen molar-refractivity contribution in [2.75, 3.05) is 30.0 Å². The van der Waals surface area contributed by atoms with E-state index in [1.54, 1.807) is 6.07 Å². The number of amides is 1. The molecule has 0 radical (unpaired) electrons. The molecule has 1 aliphatic heterocycles. The molecule has 156 valence electrons. The maximum atomic E-state index is 13.3. The Morgan fingerprint density at radius 3 is 2.64 bits per heavy atom. The molecule has 0 spiro atoms. The normalized spacial score (nSPS) is 16.6. The second kappa shape index (κ2) is 11.3. The van der Waals surface area contributed by atoms with Gasteiger partial charge in [-0.1, -0.05) is 29.8 Å². The molecule has 28 heavy (non-hydrogen) atoms. The molecule has 0 aromatic heterocycles. The largest absolute Gasteiger partial charge is 0.492 e. The van der Waals surface area contributed by atoms with Gasteiger partial charge >= 0.3 is 0 Å². The van der Waals surface area contributed by atoms with Crippen molar-refractivity contribution in [2.45, 2.75) is 44.2 Å². The van der Waals surface area contributed by atoms with Crippen molar-refractivity contribution in [1.29, 1.82) is 0 Å². The lowest BCUT2D eigenvalue weighted by Gasteiger charge is -2.31. The fourth-order valence-corrected chi connectivity index (χ4v) is 6.42. The van der Waals surface area contributed by atoms with Crippen molar-refractivity contribution in [1.82, 2.24) is 4.90 Å². The van der Waals surface area contributed by atoms with Gasteiger partial charge in [0.15, 0.2) is 0 Å². The number of carbonyl (C=O) groups is 1. The summed E-state index contributed by atoms with van der Waals surface area (Å²) in [6, 6.07) is 3.09. The lowest BCUT2D eigenvalue weighted by Crippen LogP contribution is -2.41. The molecule has 0 bridgehead atoms. The lowest BCUT2D eigenvalue weighted by atomic mass is 10.1. The van der Waals surface area contributed by atoms with Gasteiger partial charge in [0.1, 0.15) is 11.3 Å². The maximum absolute atomic E-state index is 13.3. The van der Waals surface area contributed by atoms with Crippen molar-refractivity contribution in [3.05, 3.63) is 33.4 Å². The van der Waals surface area contributed by atoms with Gasteiger partial charge in [-0.25, -0.2) is 0 Å². The minimum atomic E-state index is -0.488. The van der Waals surface area contributed by atoms with Gasteiger partial charge in [0.05, 0.1) is 28.2 Å². The summed E-state index contributed by atoms with van der Waals surface area (Å²) in [5.74, 6) is 2.16. The van der Waals surface area contributed by atoms with E-state index in [1.165, 1.54) is 6.07 Å². The number of nitro benzene ring substituents is 1. The van der Waals surface area contributed by atoms with Gasteiger partial charge in [0.25, 0.3) is 11.6 Å². The number of nitrogens with zero attached hydrogens (tertiary/aromatic N) is 2. The van der Waals surface area contributed by atoms with Crippen LogP contribution in [0, 0.1) is 17.0 Å². The van der Waals surface area contributed by atoms with Crippen LogP contribution in [0.5, 0.6) is 5.75 Å². The van der Waals surface area contributed by atoms with Crippen LogP contribution in [-0.4, -0.2) is 56.3 Å². The second-order valence-electron chi connectivity index (χ2n) is 6.42. The zero-order valence-electron chi connectivity index (χ0n) is 16.5. The number of alkyl halides is 1. The number of likely N-dealkylation sites (tertiary alicyclic amines) is 1. The van der Waals surface area contributed by atoms with E-state index in [9.17, 15) is 14.9 Å². The number of ether oxygens (including phenoxy) is 1. The van der Waals surface area contributed by atoms with Gasteiger partial charge in [-0.05, 0) is 42.9 Å². The Morgan fingerprint density at radius 1 is 1.39 bits per heavy atom. The summed E-state index contributed by atoms with van der Waals surface area (Å²) in [6.45, 7) is 7.11. The Kier molecular flexibility index (Phi) is 9.43. The number of aryl methyl sites for hydroxylation is 1. The molecule has 0 unspecified atom stereocenters. The van der Waals surface area contributed by atoms with Crippen LogP contribution in [0.15, 0.2) is 12.1 Å². The van der Waals surface area contributed by atoms with Gasteiger partial charge in [-0.2, -0.15) is 0 Å². The Morgan fingerprint density at radius 2 is 2.07 bits per heavy atom. The molecule has 0 aliphatic carbocycles. The number of benzene rings is 1. The van der Waals surface area contributed by atoms with E-state index in [0.29, 0.717) is 28.8 Å². The van der Waals surface area contributed by atoms with Gasteiger partial charge in [-0.3, -0.25) is 14.9 Å². The van der Waals surface area contributed by atoms with Gasteiger partial charge in [0.2, 0.25) is 0 Å². The zero-order chi connectivity index (χ0) is 20.7. The van der Waals surface area contributed by atoms with Crippen LogP contribution in [-0.2, 0) is 0 Å². The summed E-state index contributed by atoms with van der Waals surface area (Å²) in [4.78, 5) is 26.3. The van der Waals surface area contributed by atoms with E-state index in [-0.39, 0.29) is 23.2 Å². The molecular formula is C19H27BrN2O4S2. The first-order valence-electron chi connectivity index (χ1n) is 9.46. The van der Waals surface area contributed by atoms with Crippen molar-refractivity contribution in [3.8, 4) is 5.75 Å². The van der Waals surface area contributed by atoms with Gasteiger partial charge in [-0.15, -0.1) is 23.5 Å². The molecule has 1 saturated heterocycles. The molecule has 1 atom stereocenters. The minimum Gasteiger partial charge on any atom is -0.492 e. The predicted octanol–water partition coefficient (Wildman–Crippen LogP) is 5.11. The van der Waals surface area contributed by atoms with E-state index in [4.69, 9.17) is 4.74 Å². The zero-order valence-corrected chi connectivity index (χ0v) is 19.7. The molecule has 0 N–H and O–H groups in total. The smallest absolute Gasteiger partial charge is 0.285 e. The highest BCUT2D eigenvalue weighted by molar-refractivity contribution is 9.09. The number of carbonyl (C=O) groups excluding carboxylic acids is 1. The first kappa shape index (κ1) is 23.3. The number of halogens is 1. The Bertz CT molecular complexity index is 699. The maximum Gasteiger partial charge on any atom is 0.285 e. The van der Waals surface area contributed by atoms with E-state index in [0.717, 1.165) is 29.9 Å². The van der Waals surface area contributed by atoms with Crippen LogP contribution in [0.1, 0.15) is 42.6 Å². The molecule has 1 amide bonds. The minimum absolute atomic E-state index is 0.103. The quantitative estimate of drug-likeness (QED) is 0.196. The van der Waals surface area contributed by atoms with Crippen LogP contribution in [0.4, 0.5) is 5.69 Å². The molecule has 2 rings (SSSR count). The Labute approximate surface area is 183 Å². The molecule has 1 aliphatic rings. The monoisotopic (exact) mass is 490 g/mol. The third-order valence-corrected chi connectivity index (χ3v) is 7.68.